The van der Waals surface area contributed by atoms with Crippen molar-refractivity contribution in [1.29, 1.82) is 0 Å². The summed E-state index contributed by atoms with van der Waals surface area (Å²) in [5.41, 5.74) is 8.17. The third kappa shape index (κ3) is 7.89. The lowest BCUT2D eigenvalue weighted by Gasteiger charge is -2.31. The first-order chi connectivity index (χ1) is 22.4. The van der Waals surface area contributed by atoms with E-state index in [0.717, 1.165) is 49.2 Å². The zero-order valence-corrected chi connectivity index (χ0v) is 26.5. The fourth-order valence-electron chi connectivity index (χ4n) is 5.61. The number of aromatic nitrogens is 1. The fourth-order valence-corrected chi connectivity index (χ4v) is 6.35. The van der Waals surface area contributed by atoms with Crippen molar-refractivity contribution >= 4 is 40.6 Å². The molecule has 1 fully saturated rings. The van der Waals surface area contributed by atoms with Crippen molar-refractivity contribution in [1.82, 2.24) is 15.0 Å². The molecule has 0 radical (unpaired) electrons. The highest BCUT2D eigenvalue weighted by Crippen LogP contribution is 2.34. The molecule has 1 heterocycles. The highest BCUT2D eigenvalue weighted by atomic mass is 32.1. The Labute approximate surface area is 272 Å². The largest absolute Gasteiger partial charge is 0.494 e. The van der Waals surface area contributed by atoms with Crippen LogP contribution in [0, 0.1) is 5.82 Å². The predicted octanol–water partition coefficient (Wildman–Crippen LogP) is 6.07. The summed E-state index contributed by atoms with van der Waals surface area (Å²) in [6.07, 6.45) is 5.55. The van der Waals surface area contributed by atoms with Crippen LogP contribution >= 0.6 is 11.5 Å². The minimum absolute atomic E-state index is 0.0174. The molecule has 0 spiro atoms. The number of nitrogens with two attached hydrogens (primary N) is 1. The maximum atomic E-state index is 14.5. The summed E-state index contributed by atoms with van der Waals surface area (Å²) in [6.45, 7) is 2.62. The van der Waals surface area contributed by atoms with Gasteiger partial charge in [-0.3, -0.25) is 19.3 Å². The smallest absolute Gasteiger partial charge is 0.273 e. The van der Waals surface area contributed by atoms with E-state index in [-0.39, 0.29) is 22.3 Å². The van der Waals surface area contributed by atoms with Gasteiger partial charge in [0, 0.05) is 18.3 Å². The molecule has 1 aromatic heterocycles. The molecule has 1 saturated carbocycles. The van der Waals surface area contributed by atoms with Crippen LogP contribution < -0.4 is 26.0 Å². The van der Waals surface area contributed by atoms with Gasteiger partial charge in [0.1, 0.15) is 22.5 Å². The quantitative estimate of drug-likeness (QED) is 0.172. The second kappa shape index (κ2) is 15.5. The Morgan fingerprint density at radius 1 is 1.00 bits per heavy atom. The summed E-state index contributed by atoms with van der Waals surface area (Å²) >= 11 is 0.807. The molecule has 5 rings (SSSR count). The third-order valence-electron chi connectivity index (χ3n) is 7.97. The molecule has 11 heteroatoms. The highest BCUT2D eigenvalue weighted by molar-refractivity contribution is 7.09. The van der Waals surface area contributed by atoms with E-state index in [1.807, 2.05) is 37.3 Å². The van der Waals surface area contributed by atoms with E-state index in [9.17, 15) is 18.8 Å². The molecule has 1 aliphatic rings. The minimum Gasteiger partial charge on any atom is -0.494 e. The summed E-state index contributed by atoms with van der Waals surface area (Å²) in [5.74, 6) is -1.41. The van der Waals surface area contributed by atoms with Crippen molar-refractivity contribution in [2.45, 2.75) is 57.5 Å². The van der Waals surface area contributed by atoms with Gasteiger partial charge in [-0.15, -0.1) is 0 Å². The number of carbonyl (C=O) groups excluding carboxylic acids is 3. The Hall–Kier alpha value is -4.77. The molecule has 3 aromatic carbocycles. The lowest BCUT2D eigenvalue weighted by atomic mass is 9.95. The number of nitrogens with one attached hydrogen (secondary N) is 2. The van der Waals surface area contributed by atoms with E-state index >= 15 is 0 Å². The summed E-state index contributed by atoms with van der Waals surface area (Å²) in [5, 5.41) is 5.96. The molecule has 0 unspecified atom stereocenters. The molecule has 0 bridgehead atoms. The van der Waals surface area contributed by atoms with Crippen LogP contribution in [0.1, 0.15) is 76.4 Å². The SMILES string of the molecule is CCOc1ccc(N(C(=O)c2snc(C(=O)NC3CCCCC3)c2N)[C@@H](C(=O)NCCc2ccccc2)c2ccc(F)cc2)cc1. The van der Waals surface area contributed by atoms with Crippen molar-refractivity contribution in [3.63, 3.8) is 0 Å². The van der Waals surface area contributed by atoms with Gasteiger partial charge in [-0.2, -0.15) is 4.37 Å². The van der Waals surface area contributed by atoms with Crippen LogP contribution in [-0.4, -0.2) is 41.3 Å². The van der Waals surface area contributed by atoms with Gasteiger partial charge < -0.3 is 21.1 Å². The molecular formula is C35H38FN5O4S. The fraction of sp³-hybridized carbons (Fsp3) is 0.314. The number of rotatable bonds is 12. The number of halogens is 1. The number of hydrogen-bond donors (Lipinski definition) is 3. The van der Waals surface area contributed by atoms with Crippen LogP contribution in [0.5, 0.6) is 5.75 Å². The lowest BCUT2D eigenvalue weighted by Crippen LogP contribution is -2.44. The topological polar surface area (TPSA) is 127 Å². The van der Waals surface area contributed by atoms with Crippen molar-refractivity contribution in [3.8, 4) is 5.75 Å². The Kier molecular flexibility index (Phi) is 11.0. The van der Waals surface area contributed by atoms with Crippen molar-refractivity contribution in [2.24, 2.45) is 0 Å². The monoisotopic (exact) mass is 643 g/mol. The number of anilines is 2. The maximum Gasteiger partial charge on any atom is 0.273 e. The van der Waals surface area contributed by atoms with Crippen molar-refractivity contribution in [3.05, 3.63) is 106 Å². The minimum atomic E-state index is -1.21. The van der Waals surface area contributed by atoms with Gasteiger partial charge in [0.2, 0.25) is 5.91 Å². The second-order valence-electron chi connectivity index (χ2n) is 11.2. The van der Waals surface area contributed by atoms with Gasteiger partial charge in [0.25, 0.3) is 11.8 Å². The van der Waals surface area contributed by atoms with Gasteiger partial charge in [-0.25, -0.2) is 4.39 Å². The molecule has 4 N–H and O–H groups in total. The first kappa shape index (κ1) is 32.6. The number of amides is 3. The van der Waals surface area contributed by atoms with E-state index in [1.165, 1.54) is 29.2 Å². The number of benzene rings is 3. The summed E-state index contributed by atoms with van der Waals surface area (Å²) in [6, 6.07) is 20.7. The van der Waals surface area contributed by atoms with Crippen LogP contribution in [0.4, 0.5) is 15.8 Å². The number of carbonyl (C=O) groups is 3. The number of nitrogens with zero attached hydrogens (tertiary/aromatic N) is 2. The molecule has 240 valence electrons. The highest BCUT2D eigenvalue weighted by Gasteiger charge is 2.36. The van der Waals surface area contributed by atoms with Gasteiger partial charge in [0.05, 0.1) is 12.3 Å². The summed E-state index contributed by atoms with van der Waals surface area (Å²) in [7, 11) is 0. The number of ether oxygens (including phenoxy) is 1. The van der Waals surface area contributed by atoms with E-state index in [2.05, 4.69) is 15.0 Å². The second-order valence-corrected chi connectivity index (χ2v) is 11.9. The molecule has 0 aliphatic heterocycles. The van der Waals surface area contributed by atoms with Crippen LogP contribution in [0.25, 0.3) is 0 Å². The van der Waals surface area contributed by atoms with Gasteiger partial charge in [0.15, 0.2) is 5.69 Å². The summed E-state index contributed by atoms with van der Waals surface area (Å²) < 4.78 is 23.9. The van der Waals surface area contributed by atoms with Crippen molar-refractivity contribution < 1.29 is 23.5 Å². The molecule has 1 aliphatic carbocycles. The molecule has 9 nitrogen and oxygen atoms in total. The zero-order chi connectivity index (χ0) is 32.5. The molecular weight excluding hydrogens is 605 g/mol. The first-order valence-electron chi connectivity index (χ1n) is 15.5. The van der Waals surface area contributed by atoms with Crippen LogP contribution in [-0.2, 0) is 11.2 Å². The lowest BCUT2D eigenvalue weighted by molar-refractivity contribution is -0.122. The van der Waals surface area contributed by atoms with E-state index < -0.39 is 29.6 Å². The zero-order valence-electron chi connectivity index (χ0n) is 25.7. The average Bonchev–Trinajstić information content (AvgIpc) is 3.46. The third-order valence-corrected chi connectivity index (χ3v) is 8.82. The normalized spacial score (nSPS) is 13.9. The van der Waals surface area contributed by atoms with Gasteiger partial charge >= 0.3 is 0 Å². The molecule has 4 aromatic rings. The Balaban J connectivity index is 1.50. The molecule has 1 atom stereocenters. The van der Waals surface area contributed by atoms with Crippen LogP contribution in [0.3, 0.4) is 0 Å². The Morgan fingerprint density at radius 2 is 1.70 bits per heavy atom. The standard InChI is InChI=1S/C35H38FN5O4S/c1-2-45-28-19-17-27(18-20-28)41(35(44)32-29(37)30(40-46-32)33(42)39-26-11-7-4-8-12-26)31(24-13-15-25(36)16-14-24)34(43)38-22-21-23-9-5-3-6-10-23/h3,5-6,9-10,13-20,26,31H,2,4,7-8,11-12,21-22,37H2,1H3,(H,38,43)(H,39,42)/t31-/m1/s1. The van der Waals surface area contributed by atoms with Crippen LogP contribution in [0.15, 0.2) is 78.9 Å². The number of nitrogen functional groups attached to an aromatic ring is 1. The molecule has 46 heavy (non-hydrogen) atoms. The van der Waals surface area contributed by atoms with Crippen molar-refractivity contribution in [2.75, 3.05) is 23.8 Å². The maximum absolute atomic E-state index is 14.5. The average molecular weight is 644 g/mol. The van der Waals surface area contributed by atoms with E-state index in [0.29, 0.717) is 36.6 Å². The Bertz CT molecular complexity index is 1620. The van der Waals surface area contributed by atoms with Gasteiger partial charge in [-0.1, -0.05) is 61.7 Å². The molecule has 3 amide bonds. The Morgan fingerprint density at radius 3 is 2.37 bits per heavy atom. The van der Waals surface area contributed by atoms with E-state index in [1.54, 1.807) is 24.3 Å². The number of hydrogen-bond acceptors (Lipinski definition) is 7. The van der Waals surface area contributed by atoms with E-state index in [4.69, 9.17) is 10.5 Å². The van der Waals surface area contributed by atoms with Crippen LogP contribution in [0.2, 0.25) is 0 Å². The van der Waals surface area contributed by atoms with Gasteiger partial charge in [-0.05, 0) is 85.2 Å². The summed E-state index contributed by atoms with van der Waals surface area (Å²) in [4.78, 5) is 43.0. The first-order valence-corrected chi connectivity index (χ1v) is 16.3. The predicted molar refractivity (Wildman–Crippen MR) is 178 cm³/mol. The molecule has 0 saturated heterocycles.